The summed E-state index contributed by atoms with van der Waals surface area (Å²) in [6.45, 7) is 0. The molecular weight excluding hydrogens is 196 g/mol. The molecular formula is C10H10N2OS. The summed E-state index contributed by atoms with van der Waals surface area (Å²) in [5.41, 5.74) is 0.698. The molecule has 0 amide bonds. The molecule has 0 fully saturated rings. The van der Waals surface area contributed by atoms with Gasteiger partial charge < -0.3 is 0 Å². The Morgan fingerprint density at radius 2 is 2.07 bits per heavy atom. The molecule has 0 bridgehead atoms. The lowest BCUT2D eigenvalue weighted by Gasteiger charge is -2.17. The SMILES string of the molecule is NN1C=CSC1C(=O)c1ccccc1. The number of benzene rings is 1. The Kier molecular flexibility index (Phi) is 2.56. The van der Waals surface area contributed by atoms with E-state index < -0.39 is 0 Å². The predicted molar refractivity (Wildman–Crippen MR) is 57.3 cm³/mol. The van der Waals surface area contributed by atoms with Crippen LogP contribution in [0.1, 0.15) is 10.4 Å². The Labute approximate surface area is 86.6 Å². The van der Waals surface area contributed by atoms with Crippen molar-refractivity contribution in [2.45, 2.75) is 5.37 Å². The highest BCUT2D eigenvalue weighted by Crippen LogP contribution is 2.25. The number of nitrogens with zero attached hydrogens (tertiary/aromatic N) is 1. The highest BCUT2D eigenvalue weighted by Gasteiger charge is 2.25. The highest BCUT2D eigenvalue weighted by atomic mass is 32.2. The van der Waals surface area contributed by atoms with Gasteiger partial charge in [-0.05, 0) is 5.41 Å². The van der Waals surface area contributed by atoms with Gasteiger partial charge >= 0.3 is 0 Å². The van der Waals surface area contributed by atoms with Gasteiger partial charge in [0.25, 0.3) is 0 Å². The molecule has 3 nitrogen and oxygen atoms in total. The fourth-order valence-electron chi connectivity index (χ4n) is 1.27. The van der Waals surface area contributed by atoms with Crippen LogP contribution in [-0.2, 0) is 0 Å². The first-order valence-electron chi connectivity index (χ1n) is 4.23. The van der Waals surface area contributed by atoms with Gasteiger partial charge in [0.05, 0.1) is 0 Å². The quantitative estimate of drug-likeness (QED) is 0.589. The van der Waals surface area contributed by atoms with Crippen molar-refractivity contribution in [1.82, 2.24) is 5.01 Å². The van der Waals surface area contributed by atoms with E-state index in [4.69, 9.17) is 5.84 Å². The summed E-state index contributed by atoms with van der Waals surface area (Å²) in [5, 5.41) is 2.95. The molecule has 2 N–H and O–H groups in total. The van der Waals surface area contributed by atoms with E-state index in [1.54, 1.807) is 18.3 Å². The van der Waals surface area contributed by atoms with Crippen molar-refractivity contribution < 1.29 is 4.79 Å². The molecule has 1 aromatic carbocycles. The third-order valence-corrected chi connectivity index (χ3v) is 2.99. The summed E-state index contributed by atoms with van der Waals surface area (Å²) in [4.78, 5) is 11.9. The van der Waals surface area contributed by atoms with E-state index in [0.29, 0.717) is 5.56 Å². The number of carbonyl (C=O) groups is 1. The minimum Gasteiger partial charge on any atom is -0.296 e. The molecule has 0 saturated heterocycles. The zero-order valence-electron chi connectivity index (χ0n) is 7.46. The van der Waals surface area contributed by atoms with Gasteiger partial charge in [0, 0.05) is 11.8 Å². The second kappa shape index (κ2) is 3.86. The van der Waals surface area contributed by atoms with Crippen LogP contribution in [0.5, 0.6) is 0 Å². The molecule has 14 heavy (non-hydrogen) atoms. The molecule has 1 heterocycles. The normalized spacial score (nSPS) is 20.1. The van der Waals surface area contributed by atoms with E-state index in [-0.39, 0.29) is 11.2 Å². The molecule has 2 rings (SSSR count). The van der Waals surface area contributed by atoms with Crippen molar-refractivity contribution >= 4 is 17.5 Å². The lowest BCUT2D eigenvalue weighted by atomic mass is 10.1. The van der Waals surface area contributed by atoms with Crippen LogP contribution >= 0.6 is 11.8 Å². The van der Waals surface area contributed by atoms with E-state index in [9.17, 15) is 4.79 Å². The Morgan fingerprint density at radius 1 is 1.36 bits per heavy atom. The zero-order valence-corrected chi connectivity index (χ0v) is 8.28. The van der Waals surface area contributed by atoms with Crippen LogP contribution in [-0.4, -0.2) is 16.2 Å². The number of Topliss-reactive ketones (excluding diaryl/α,β-unsaturated/α-hetero) is 1. The number of ketones is 1. The standard InChI is InChI=1S/C10H10N2OS/c11-12-6-7-14-10(12)9(13)8-4-2-1-3-5-8/h1-7,10H,11H2. The minimum atomic E-state index is -0.308. The van der Waals surface area contributed by atoms with Crippen molar-refractivity contribution in [3.63, 3.8) is 0 Å². The smallest absolute Gasteiger partial charge is 0.197 e. The maximum absolute atomic E-state index is 11.9. The van der Waals surface area contributed by atoms with Crippen LogP contribution in [0.3, 0.4) is 0 Å². The summed E-state index contributed by atoms with van der Waals surface area (Å²) in [6, 6.07) is 9.18. The largest absolute Gasteiger partial charge is 0.296 e. The van der Waals surface area contributed by atoms with E-state index >= 15 is 0 Å². The summed E-state index contributed by atoms with van der Waals surface area (Å²) < 4.78 is 0. The lowest BCUT2D eigenvalue weighted by Crippen LogP contribution is -2.37. The molecule has 0 spiro atoms. The third-order valence-electron chi connectivity index (χ3n) is 1.99. The molecule has 0 saturated carbocycles. The van der Waals surface area contributed by atoms with Crippen LogP contribution in [0.4, 0.5) is 0 Å². The van der Waals surface area contributed by atoms with Crippen LogP contribution in [0.25, 0.3) is 0 Å². The number of carbonyl (C=O) groups excluding carboxylic acids is 1. The fourth-order valence-corrected chi connectivity index (χ4v) is 2.10. The molecule has 72 valence electrons. The predicted octanol–water partition coefficient (Wildman–Crippen LogP) is 1.59. The Morgan fingerprint density at radius 3 is 2.64 bits per heavy atom. The number of hydrogen-bond acceptors (Lipinski definition) is 4. The third kappa shape index (κ3) is 1.66. The second-order valence-corrected chi connectivity index (χ2v) is 3.94. The maximum atomic E-state index is 11.9. The summed E-state index contributed by atoms with van der Waals surface area (Å²) in [6.07, 6.45) is 1.70. The molecule has 1 aliphatic heterocycles. The Balaban J connectivity index is 2.17. The zero-order chi connectivity index (χ0) is 9.97. The van der Waals surface area contributed by atoms with Gasteiger partial charge in [-0.3, -0.25) is 9.80 Å². The van der Waals surface area contributed by atoms with Crippen molar-refractivity contribution in [2.24, 2.45) is 5.84 Å². The first-order chi connectivity index (χ1) is 6.79. The summed E-state index contributed by atoms with van der Waals surface area (Å²) >= 11 is 1.42. The topological polar surface area (TPSA) is 46.3 Å². The monoisotopic (exact) mass is 206 g/mol. The summed E-state index contributed by atoms with van der Waals surface area (Å²) in [5.74, 6) is 5.67. The molecule has 0 aliphatic carbocycles. The summed E-state index contributed by atoms with van der Waals surface area (Å²) in [7, 11) is 0. The van der Waals surface area contributed by atoms with Gasteiger partial charge in [-0.1, -0.05) is 42.1 Å². The van der Waals surface area contributed by atoms with Gasteiger partial charge in [0.2, 0.25) is 0 Å². The van der Waals surface area contributed by atoms with E-state index in [1.165, 1.54) is 16.8 Å². The number of thioether (sulfide) groups is 1. The Hall–Kier alpha value is -1.26. The van der Waals surface area contributed by atoms with Crippen LogP contribution < -0.4 is 5.84 Å². The van der Waals surface area contributed by atoms with E-state index in [1.807, 2.05) is 23.6 Å². The van der Waals surface area contributed by atoms with Crippen LogP contribution in [0.2, 0.25) is 0 Å². The molecule has 1 atom stereocenters. The van der Waals surface area contributed by atoms with Gasteiger partial charge in [-0.2, -0.15) is 0 Å². The van der Waals surface area contributed by atoms with Crippen LogP contribution in [0.15, 0.2) is 41.9 Å². The van der Waals surface area contributed by atoms with Crippen molar-refractivity contribution in [3.8, 4) is 0 Å². The minimum absolute atomic E-state index is 0.0445. The molecule has 1 aromatic rings. The first-order valence-corrected chi connectivity index (χ1v) is 5.18. The van der Waals surface area contributed by atoms with Gasteiger partial charge in [-0.15, -0.1) is 0 Å². The van der Waals surface area contributed by atoms with Gasteiger partial charge in [0.1, 0.15) is 0 Å². The van der Waals surface area contributed by atoms with E-state index in [2.05, 4.69) is 0 Å². The van der Waals surface area contributed by atoms with Gasteiger partial charge in [-0.25, -0.2) is 5.84 Å². The first kappa shape index (κ1) is 9.30. The number of rotatable bonds is 2. The average Bonchev–Trinajstić information content (AvgIpc) is 2.65. The molecule has 1 aliphatic rings. The molecule has 1 unspecified atom stereocenters. The highest BCUT2D eigenvalue weighted by molar-refractivity contribution is 8.03. The van der Waals surface area contributed by atoms with Gasteiger partial charge in [0.15, 0.2) is 11.2 Å². The van der Waals surface area contributed by atoms with Crippen LogP contribution in [0, 0.1) is 0 Å². The van der Waals surface area contributed by atoms with Crippen molar-refractivity contribution in [1.29, 1.82) is 0 Å². The maximum Gasteiger partial charge on any atom is 0.197 e. The number of nitrogens with two attached hydrogens (primary N) is 1. The lowest BCUT2D eigenvalue weighted by molar-refractivity contribution is 0.0938. The average molecular weight is 206 g/mol. The molecule has 0 radical (unpaired) electrons. The van der Waals surface area contributed by atoms with E-state index in [0.717, 1.165) is 0 Å². The molecule has 0 aromatic heterocycles. The molecule has 4 heteroatoms. The Bertz CT molecular complexity index is 364. The number of hydrazine groups is 1. The number of hydrogen-bond donors (Lipinski definition) is 1. The fraction of sp³-hybridized carbons (Fsp3) is 0.100. The second-order valence-electron chi connectivity index (χ2n) is 2.95. The van der Waals surface area contributed by atoms with Crippen molar-refractivity contribution in [2.75, 3.05) is 0 Å². The van der Waals surface area contributed by atoms with Crippen molar-refractivity contribution in [3.05, 3.63) is 47.5 Å².